The maximum Gasteiger partial charge on any atom is 0.300 e. The number of carboxylic acids is 1. The van der Waals surface area contributed by atoms with Gasteiger partial charge in [-0.2, -0.15) is 0 Å². The smallest absolute Gasteiger partial charge is 0.300 e. The Morgan fingerprint density at radius 3 is 2.33 bits per heavy atom. The number of allylic oxidation sites excluding steroid dienone is 5. The number of carbonyl (C=O) groups is 2. The molecule has 0 spiro atoms. The van der Waals surface area contributed by atoms with Gasteiger partial charge in [0.05, 0.1) is 17.4 Å². The van der Waals surface area contributed by atoms with E-state index in [0.717, 1.165) is 30.2 Å². The number of benzene rings is 2. The highest BCUT2D eigenvalue weighted by Gasteiger charge is 2.18. The van der Waals surface area contributed by atoms with Crippen LogP contribution in [-0.2, 0) is 4.79 Å². The topological polar surface area (TPSA) is 91.1 Å². The molecule has 1 unspecified atom stereocenters. The normalized spacial score (nSPS) is 15.1. The van der Waals surface area contributed by atoms with Crippen LogP contribution < -0.4 is 5.32 Å². The molecule has 0 aliphatic heterocycles. The van der Waals surface area contributed by atoms with Gasteiger partial charge in [0.1, 0.15) is 5.82 Å². The first kappa shape index (κ1) is 32.4. The number of halogens is 2. The molecule has 212 valence electrons. The Labute approximate surface area is 241 Å². The third-order valence-corrected chi connectivity index (χ3v) is 6.30. The summed E-state index contributed by atoms with van der Waals surface area (Å²) in [6.07, 6.45) is 11.7. The summed E-state index contributed by atoms with van der Waals surface area (Å²) in [5.74, 6) is -0.689. The molecule has 0 aromatic heterocycles. The second-order valence-corrected chi connectivity index (χ2v) is 10.3. The summed E-state index contributed by atoms with van der Waals surface area (Å²) in [6, 6.07) is 11.1. The van der Waals surface area contributed by atoms with Gasteiger partial charge in [0.2, 0.25) is 0 Å². The lowest BCUT2D eigenvalue weighted by Crippen LogP contribution is -2.26. The first-order valence-electron chi connectivity index (χ1n) is 13.1. The van der Waals surface area contributed by atoms with Crippen molar-refractivity contribution in [1.82, 2.24) is 5.32 Å². The largest absolute Gasteiger partial charge is 0.481 e. The minimum atomic E-state index is -0.833. The zero-order valence-electron chi connectivity index (χ0n) is 23.5. The van der Waals surface area contributed by atoms with Gasteiger partial charge < -0.3 is 10.4 Å². The Balaban J connectivity index is 0.00000131. The van der Waals surface area contributed by atoms with E-state index in [-0.39, 0.29) is 17.8 Å². The summed E-state index contributed by atoms with van der Waals surface area (Å²) in [5, 5.41) is 11.1. The minimum Gasteiger partial charge on any atom is -0.481 e. The standard InChI is InChI=1S/C30H33ClFN3O.C2H4O2/c1-5-23(10-9-20(2)31)19-33-28-16-13-26(18-29(28)34-21(3)17-24-7-6-8-24)30(36)35-22(4)25-11-14-27(32)15-12-25;1-2(3)4/h5,9-16,18-19,22,24H,1,6-8,17H2,2-4H3,(H,35,36);1H3,(H,3,4)/b20-9+,23-10+,33-19?,34-21?;. The molecule has 2 aromatic carbocycles. The van der Waals surface area contributed by atoms with Gasteiger partial charge in [-0.15, -0.1) is 0 Å². The van der Waals surface area contributed by atoms with E-state index in [1.807, 2.05) is 19.9 Å². The van der Waals surface area contributed by atoms with Gasteiger partial charge in [-0.25, -0.2) is 4.39 Å². The molecule has 0 heterocycles. The van der Waals surface area contributed by atoms with Crippen molar-refractivity contribution in [3.8, 4) is 0 Å². The Bertz CT molecular complexity index is 1300. The molecule has 1 amide bonds. The van der Waals surface area contributed by atoms with Crippen molar-refractivity contribution in [3.05, 3.63) is 94.8 Å². The number of amides is 1. The van der Waals surface area contributed by atoms with Gasteiger partial charge >= 0.3 is 0 Å². The van der Waals surface area contributed by atoms with E-state index in [9.17, 15) is 9.18 Å². The number of aliphatic imine (C=N–C) groups is 2. The molecule has 0 bridgehead atoms. The van der Waals surface area contributed by atoms with Crippen LogP contribution in [0.2, 0.25) is 0 Å². The van der Waals surface area contributed by atoms with Crippen molar-refractivity contribution in [3.63, 3.8) is 0 Å². The zero-order valence-corrected chi connectivity index (χ0v) is 24.2. The highest BCUT2D eigenvalue weighted by atomic mass is 35.5. The predicted molar refractivity (Wildman–Crippen MR) is 163 cm³/mol. The van der Waals surface area contributed by atoms with Crippen molar-refractivity contribution < 1.29 is 19.1 Å². The first-order chi connectivity index (χ1) is 19.0. The van der Waals surface area contributed by atoms with Crippen LogP contribution >= 0.6 is 11.6 Å². The van der Waals surface area contributed by atoms with Gasteiger partial charge in [0, 0.05) is 29.4 Å². The summed E-state index contributed by atoms with van der Waals surface area (Å²) < 4.78 is 13.3. The molecule has 1 aliphatic carbocycles. The number of hydrogen-bond donors (Lipinski definition) is 2. The van der Waals surface area contributed by atoms with Crippen LogP contribution in [0.1, 0.15) is 75.3 Å². The summed E-state index contributed by atoms with van der Waals surface area (Å²) >= 11 is 5.93. The zero-order chi connectivity index (χ0) is 29.7. The number of nitrogens with one attached hydrogen (secondary N) is 1. The van der Waals surface area contributed by atoms with Gasteiger partial charge in [-0.05, 0) is 80.7 Å². The van der Waals surface area contributed by atoms with E-state index in [0.29, 0.717) is 27.9 Å². The van der Waals surface area contributed by atoms with Crippen LogP contribution in [-0.4, -0.2) is 28.9 Å². The third-order valence-electron chi connectivity index (χ3n) is 6.17. The lowest BCUT2D eigenvalue weighted by Gasteiger charge is -2.25. The molecule has 6 nitrogen and oxygen atoms in total. The lowest BCUT2D eigenvalue weighted by molar-refractivity contribution is -0.134. The average molecular weight is 566 g/mol. The number of nitrogens with zero attached hydrogens (tertiary/aromatic N) is 2. The summed E-state index contributed by atoms with van der Waals surface area (Å²) in [4.78, 5) is 31.5. The highest BCUT2D eigenvalue weighted by molar-refractivity contribution is 6.29. The molecule has 2 aromatic rings. The van der Waals surface area contributed by atoms with Crippen molar-refractivity contribution in [2.75, 3.05) is 0 Å². The van der Waals surface area contributed by atoms with Crippen molar-refractivity contribution in [1.29, 1.82) is 0 Å². The molecular formula is C32H37ClFN3O3. The van der Waals surface area contributed by atoms with Crippen LogP contribution in [0, 0.1) is 11.7 Å². The van der Waals surface area contributed by atoms with Crippen molar-refractivity contribution in [2.24, 2.45) is 15.9 Å². The molecular weight excluding hydrogens is 529 g/mol. The Morgan fingerprint density at radius 1 is 1.12 bits per heavy atom. The van der Waals surface area contributed by atoms with Crippen LogP contribution in [0.15, 0.2) is 87.9 Å². The van der Waals surface area contributed by atoms with E-state index in [4.69, 9.17) is 26.5 Å². The molecule has 0 radical (unpaired) electrons. The average Bonchev–Trinajstić information content (AvgIpc) is 2.86. The number of carbonyl (C=O) groups excluding carboxylic acids is 1. The van der Waals surface area contributed by atoms with E-state index in [1.54, 1.807) is 55.6 Å². The second kappa shape index (κ2) is 16.3. The van der Waals surface area contributed by atoms with Crippen molar-refractivity contribution >= 4 is 46.8 Å². The predicted octanol–water partition coefficient (Wildman–Crippen LogP) is 8.65. The quantitative estimate of drug-likeness (QED) is 0.223. The fourth-order valence-electron chi connectivity index (χ4n) is 3.86. The Morgan fingerprint density at radius 2 is 1.77 bits per heavy atom. The number of carboxylic acid groups (broad SMARTS) is 1. The van der Waals surface area contributed by atoms with Crippen LogP contribution in [0.3, 0.4) is 0 Å². The van der Waals surface area contributed by atoms with E-state index >= 15 is 0 Å². The molecule has 1 atom stereocenters. The Hall–Kier alpha value is -3.84. The summed E-state index contributed by atoms with van der Waals surface area (Å²) in [6.45, 7) is 10.6. The van der Waals surface area contributed by atoms with Crippen LogP contribution in [0.25, 0.3) is 0 Å². The minimum absolute atomic E-state index is 0.232. The van der Waals surface area contributed by atoms with Gasteiger partial charge in [-0.3, -0.25) is 19.6 Å². The van der Waals surface area contributed by atoms with Gasteiger partial charge in [0.25, 0.3) is 11.9 Å². The van der Waals surface area contributed by atoms with Crippen LogP contribution in [0.4, 0.5) is 15.8 Å². The Kier molecular flexibility index (Phi) is 13.2. The van der Waals surface area contributed by atoms with Crippen LogP contribution in [0.5, 0.6) is 0 Å². The van der Waals surface area contributed by atoms with Gasteiger partial charge in [0.15, 0.2) is 0 Å². The molecule has 40 heavy (non-hydrogen) atoms. The third kappa shape index (κ3) is 11.5. The molecule has 1 aliphatic rings. The number of aliphatic carboxylic acids is 1. The molecule has 1 fully saturated rings. The summed E-state index contributed by atoms with van der Waals surface area (Å²) in [7, 11) is 0. The molecule has 2 N–H and O–H groups in total. The maximum absolute atomic E-state index is 13.3. The number of rotatable bonds is 10. The number of hydrogen-bond acceptors (Lipinski definition) is 4. The molecule has 8 heteroatoms. The van der Waals surface area contributed by atoms with E-state index < -0.39 is 5.97 Å². The second-order valence-electron chi connectivity index (χ2n) is 9.70. The van der Waals surface area contributed by atoms with Crippen molar-refractivity contribution in [2.45, 2.75) is 59.4 Å². The fourth-order valence-corrected chi connectivity index (χ4v) is 3.93. The first-order valence-corrected chi connectivity index (χ1v) is 13.5. The van der Waals surface area contributed by atoms with Gasteiger partial charge in [-0.1, -0.05) is 61.7 Å². The fraction of sp³-hybridized carbons (Fsp3) is 0.312. The lowest BCUT2D eigenvalue weighted by atomic mass is 9.82. The maximum atomic E-state index is 13.3. The monoisotopic (exact) mass is 565 g/mol. The molecule has 0 saturated heterocycles. The highest BCUT2D eigenvalue weighted by Crippen LogP contribution is 2.33. The van der Waals surface area contributed by atoms with E-state index in [2.05, 4.69) is 16.9 Å². The molecule has 1 saturated carbocycles. The summed E-state index contributed by atoms with van der Waals surface area (Å²) in [5.41, 5.74) is 4.42. The SMILES string of the molecule is C=C/C(C=Nc1ccc(C(=O)NC(C)c2ccc(F)cc2)cc1N=C(C)CC1CCC1)=C\C=C(/C)Cl.CC(=O)O. The van der Waals surface area contributed by atoms with E-state index in [1.165, 1.54) is 31.4 Å². The molecule has 3 rings (SSSR count).